The molecule has 0 unspecified atom stereocenters. The zero-order valence-corrected chi connectivity index (χ0v) is 16.1. The van der Waals surface area contributed by atoms with E-state index < -0.39 is 0 Å². The topological polar surface area (TPSA) is 64.1 Å². The second-order valence-electron chi connectivity index (χ2n) is 5.62. The highest BCUT2D eigenvalue weighted by molar-refractivity contribution is 5.79. The molecule has 0 saturated carbocycles. The van der Waals surface area contributed by atoms with E-state index in [0.29, 0.717) is 26.4 Å². The Morgan fingerprint density at radius 3 is 2.68 bits per heavy atom. The van der Waals surface area contributed by atoms with Crippen molar-refractivity contribution in [1.82, 2.24) is 10.6 Å². The molecule has 25 heavy (non-hydrogen) atoms. The first kappa shape index (κ1) is 21.3. The highest BCUT2D eigenvalue weighted by atomic mass is 16.5. The lowest BCUT2D eigenvalue weighted by atomic mass is 10.1. The molecule has 2 N–H and O–H groups in total. The van der Waals surface area contributed by atoms with E-state index in [-0.39, 0.29) is 0 Å². The zero-order chi connectivity index (χ0) is 18.3. The standard InChI is InChI=1S/C19H33N3O3/c1-5-20-19(21-10-7-11-23-4)22-15-17-9-8-16(3)14-18(17)25-13-12-24-6-2/h8-9,14H,5-7,10-13,15H2,1-4H3,(H2,20,21,22). The number of rotatable bonds is 12. The maximum Gasteiger partial charge on any atom is 0.191 e. The molecule has 0 aliphatic heterocycles. The van der Waals surface area contributed by atoms with Crippen LogP contribution in [0.4, 0.5) is 0 Å². The van der Waals surface area contributed by atoms with Crippen molar-refractivity contribution in [1.29, 1.82) is 0 Å². The van der Waals surface area contributed by atoms with Crippen LogP contribution in [0.3, 0.4) is 0 Å². The van der Waals surface area contributed by atoms with E-state index in [9.17, 15) is 0 Å². The summed E-state index contributed by atoms with van der Waals surface area (Å²) < 4.78 is 16.3. The number of benzene rings is 1. The molecule has 6 heteroatoms. The maximum atomic E-state index is 5.87. The fourth-order valence-corrected chi connectivity index (χ4v) is 2.21. The molecule has 142 valence electrons. The number of methoxy groups -OCH3 is 1. The van der Waals surface area contributed by atoms with Crippen molar-refractivity contribution < 1.29 is 14.2 Å². The summed E-state index contributed by atoms with van der Waals surface area (Å²) >= 11 is 0. The first-order valence-corrected chi connectivity index (χ1v) is 9.02. The summed E-state index contributed by atoms with van der Waals surface area (Å²) in [5.74, 6) is 1.68. The van der Waals surface area contributed by atoms with Gasteiger partial charge in [-0.1, -0.05) is 12.1 Å². The summed E-state index contributed by atoms with van der Waals surface area (Å²) in [7, 11) is 1.71. The maximum absolute atomic E-state index is 5.87. The van der Waals surface area contributed by atoms with Gasteiger partial charge in [-0.2, -0.15) is 0 Å². The van der Waals surface area contributed by atoms with Crippen LogP contribution in [0.15, 0.2) is 23.2 Å². The van der Waals surface area contributed by atoms with Gasteiger partial charge >= 0.3 is 0 Å². The molecule has 0 bridgehead atoms. The first-order chi connectivity index (χ1) is 12.2. The lowest BCUT2D eigenvalue weighted by molar-refractivity contribution is 0.110. The van der Waals surface area contributed by atoms with Crippen molar-refractivity contribution in [2.75, 3.05) is 46.6 Å². The van der Waals surface area contributed by atoms with Gasteiger partial charge in [0.15, 0.2) is 5.96 Å². The minimum absolute atomic E-state index is 0.545. The number of nitrogens with one attached hydrogen (secondary N) is 2. The summed E-state index contributed by atoms with van der Waals surface area (Å²) in [6.45, 7) is 10.9. The molecule has 0 fully saturated rings. The minimum Gasteiger partial charge on any atom is -0.491 e. The molecule has 6 nitrogen and oxygen atoms in total. The van der Waals surface area contributed by atoms with Gasteiger partial charge in [-0.3, -0.25) is 0 Å². The normalized spacial score (nSPS) is 11.4. The van der Waals surface area contributed by atoms with Crippen molar-refractivity contribution in [3.63, 3.8) is 0 Å². The molecule has 0 aliphatic rings. The van der Waals surface area contributed by atoms with E-state index in [2.05, 4.69) is 47.7 Å². The number of aryl methyl sites for hydroxylation is 1. The average Bonchev–Trinajstić information content (AvgIpc) is 2.61. The first-order valence-electron chi connectivity index (χ1n) is 9.02. The van der Waals surface area contributed by atoms with Crippen molar-refractivity contribution in [2.45, 2.75) is 33.7 Å². The molecule has 1 aromatic rings. The third kappa shape index (κ3) is 9.31. The van der Waals surface area contributed by atoms with E-state index in [4.69, 9.17) is 14.2 Å². The van der Waals surface area contributed by atoms with E-state index in [1.54, 1.807) is 7.11 Å². The summed E-state index contributed by atoms with van der Waals surface area (Å²) in [6.07, 6.45) is 0.942. The number of guanidine groups is 1. The Bertz CT molecular complexity index is 507. The van der Waals surface area contributed by atoms with Gasteiger partial charge in [-0.15, -0.1) is 0 Å². The van der Waals surface area contributed by atoms with Crippen molar-refractivity contribution in [3.05, 3.63) is 29.3 Å². The number of hydrogen-bond acceptors (Lipinski definition) is 4. The van der Waals surface area contributed by atoms with Gasteiger partial charge in [0.05, 0.1) is 13.2 Å². The second kappa shape index (κ2) is 13.5. The van der Waals surface area contributed by atoms with Gasteiger partial charge in [0.2, 0.25) is 0 Å². The summed E-state index contributed by atoms with van der Waals surface area (Å²) in [6, 6.07) is 6.21. The van der Waals surface area contributed by atoms with E-state index in [1.807, 2.05) is 6.92 Å². The van der Waals surface area contributed by atoms with Crippen molar-refractivity contribution in [2.24, 2.45) is 4.99 Å². The van der Waals surface area contributed by atoms with Crippen LogP contribution in [0.2, 0.25) is 0 Å². The third-order valence-electron chi connectivity index (χ3n) is 3.48. The van der Waals surface area contributed by atoms with E-state index in [1.165, 1.54) is 5.56 Å². The molecule has 0 atom stereocenters. The van der Waals surface area contributed by atoms with Crippen LogP contribution in [0, 0.1) is 6.92 Å². The van der Waals surface area contributed by atoms with Crippen LogP contribution >= 0.6 is 0 Å². The van der Waals surface area contributed by atoms with Crippen LogP contribution in [0.5, 0.6) is 5.75 Å². The van der Waals surface area contributed by atoms with Crippen molar-refractivity contribution in [3.8, 4) is 5.75 Å². The van der Waals surface area contributed by atoms with Crippen LogP contribution < -0.4 is 15.4 Å². The molecular weight excluding hydrogens is 318 g/mol. The summed E-state index contributed by atoms with van der Waals surface area (Å²) in [4.78, 5) is 4.66. The van der Waals surface area contributed by atoms with Gasteiger partial charge in [0.1, 0.15) is 12.4 Å². The lowest BCUT2D eigenvalue weighted by Gasteiger charge is -2.13. The summed E-state index contributed by atoms with van der Waals surface area (Å²) in [5, 5.41) is 6.57. The zero-order valence-electron chi connectivity index (χ0n) is 16.1. The number of ether oxygens (including phenoxy) is 3. The highest BCUT2D eigenvalue weighted by Crippen LogP contribution is 2.21. The van der Waals surface area contributed by atoms with Crippen LogP contribution in [-0.4, -0.2) is 52.6 Å². The Hall–Kier alpha value is -1.79. The number of hydrogen-bond donors (Lipinski definition) is 2. The Morgan fingerprint density at radius 1 is 1.12 bits per heavy atom. The quantitative estimate of drug-likeness (QED) is 0.344. The highest BCUT2D eigenvalue weighted by Gasteiger charge is 2.05. The molecule has 1 rings (SSSR count). The fraction of sp³-hybridized carbons (Fsp3) is 0.632. The van der Waals surface area contributed by atoms with Gasteiger partial charge in [-0.25, -0.2) is 4.99 Å². The SMILES string of the molecule is CCNC(=NCc1ccc(C)cc1OCCOCC)NCCCOC. The molecule has 0 aliphatic carbocycles. The molecular formula is C19H33N3O3. The predicted octanol–water partition coefficient (Wildman–Crippen LogP) is 2.50. The Morgan fingerprint density at radius 2 is 1.96 bits per heavy atom. The molecule has 0 aromatic heterocycles. The number of nitrogens with zero attached hydrogens (tertiary/aromatic N) is 1. The van der Waals surface area contributed by atoms with Gasteiger partial charge in [0, 0.05) is 39.0 Å². The largest absolute Gasteiger partial charge is 0.491 e. The van der Waals surface area contributed by atoms with Crippen LogP contribution in [-0.2, 0) is 16.0 Å². The smallest absolute Gasteiger partial charge is 0.191 e. The third-order valence-corrected chi connectivity index (χ3v) is 3.48. The predicted molar refractivity (Wildman–Crippen MR) is 102 cm³/mol. The minimum atomic E-state index is 0.545. The molecule has 0 heterocycles. The molecule has 0 amide bonds. The summed E-state index contributed by atoms with van der Waals surface area (Å²) in [5.41, 5.74) is 2.24. The average molecular weight is 351 g/mol. The second-order valence-corrected chi connectivity index (χ2v) is 5.62. The van der Waals surface area contributed by atoms with Crippen LogP contribution in [0.1, 0.15) is 31.4 Å². The molecule has 0 saturated heterocycles. The van der Waals surface area contributed by atoms with E-state index >= 15 is 0 Å². The fourth-order valence-electron chi connectivity index (χ4n) is 2.21. The van der Waals surface area contributed by atoms with Gasteiger partial charge in [0.25, 0.3) is 0 Å². The molecule has 0 spiro atoms. The van der Waals surface area contributed by atoms with Gasteiger partial charge in [-0.05, 0) is 38.8 Å². The lowest BCUT2D eigenvalue weighted by Crippen LogP contribution is -2.38. The molecule has 0 radical (unpaired) electrons. The van der Waals surface area contributed by atoms with Crippen LogP contribution in [0.25, 0.3) is 0 Å². The number of aliphatic imine (C=N–C) groups is 1. The Balaban J connectivity index is 2.66. The Labute approximate surface area is 152 Å². The molecule has 1 aromatic carbocycles. The Kier molecular flexibility index (Phi) is 11.5. The monoisotopic (exact) mass is 351 g/mol. The van der Waals surface area contributed by atoms with Gasteiger partial charge < -0.3 is 24.8 Å². The van der Waals surface area contributed by atoms with E-state index in [0.717, 1.165) is 43.4 Å². The van der Waals surface area contributed by atoms with Crippen molar-refractivity contribution >= 4 is 5.96 Å².